The first kappa shape index (κ1) is 27.1. The van der Waals surface area contributed by atoms with Gasteiger partial charge in [-0.05, 0) is 38.6 Å². The van der Waals surface area contributed by atoms with Crippen LogP contribution < -0.4 is 0 Å². The van der Waals surface area contributed by atoms with Crippen molar-refractivity contribution in [2.45, 2.75) is 104 Å². The number of carbonyl (C=O) groups is 1. The first-order chi connectivity index (χ1) is 13.7. The third-order valence-corrected chi connectivity index (χ3v) is 5.09. The molecular weight excluding hydrogens is 350 g/mol. The number of allylic oxidation sites excluding steroid dienone is 2. The number of hydrogen-bond donors (Lipinski definition) is 1. The van der Waals surface area contributed by atoms with E-state index in [0.29, 0.717) is 0 Å². The van der Waals surface area contributed by atoms with Gasteiger partial charge in [0, 0.05) is 20.0 Å². The van der Waals surface area contributed by atoms with Gasteiger partial charge in [0.25, 0.3) is 5.97 Å². The molecule has 0 atom stereocenters. The third-order valence-electron chi connectivity index (χ3n) is 5.09. The van der Waals surface area contributed by atoms with Gasteiger partial charge in [-0.1, -0.05) is 76.9 Å². The molecule has 0 saturated carbocycles. The van der Waals surface area contributed by atoms with Crippen LogP contribution in [0.5, 0.6) is 0 Å². The number of unbranched alkanes of at least 4 members (excludes halogenated alkanes) is 12. The lowest BCUT2D eigenvalue weighted by molar-refractivity contribution is -0.134. The molecule has 28 heavy (non-hydrogen) atoms. The Kier molecular flexibility index (Phi) is 21.7. The smallest absolute Gasteiger partial charge is 0.300 e. The fraction of sp³-hybridized carbons (Fsp3) is 0.875. The second-order valence-corrected chi connectivity index (χ2v) is 7.91. The molecule has 0 aromatic heterocycles. The summed E-state index contributed by atoms with van der Waals surface area (Å²) in [5.41, 5.74) is 0. The molecule has 1 aliphatic rings. The van der Waals surface area contributed by atoms with E-state index in [4.69, 9.17) is 14.6 Å². The summed E-state index contributed by atoms with van der Waals surface area (Å²) < 4.78 is 5.39. The van der Waals surface area contributed by atoms with Gasteiger partial charge in [0.05, 0.1) is 13.2 Å². The normalized spacial score (nSPS) is 14.8. The highest BCUT2D eigenvalue weighted by Gasteiger charge is 2.08. The molecule has 166 valence electrons. The number of hydrogen-bond acceptors (Lipinski definition) is 3. The summed E-state index contributed by atoms with van der Waals surface area (Å²) in [6.07, 6.45) is 24.3. The van der Waals surface area contributed by atoms with E-state index in [1.54, 1.807) is 0 Å². The van der Waals surface area contributed by atoms with Crippen molar-refractivity contribution in [3.8, 4) is 0 Å². The van der Waals surface area contributed by atoms with Crippen LogP contribution in [0.1, 0.15) is 104 Å². The van der Waals surface area contributed by atoms with Gasteiger partial charge in [-0.15, -0.1) is 0 Å². The molecule has 1 rings (SSSR count). The van der Waals surface area contributed by atoms with Crippen LogP contribution in [0, 0.1) is 0 Å². The number of rotatable bonds is 16. The molecule has 0 unspecified atom stereocenters. The zero-order valence-electron chi connectivity index (χ0n) is 18.8. The summed E-state index contributed by atoms with van der Waals surface area (Å²) in [6.45, 7) is 8.81. The van der Waals surface area contributed by atoms with Crippen molar-refractivity contribution in [1.82, 2.24) is 4.90 Å². The van der Waals surface area contributed by atoms with Crippen molar-refractivity contribution in [1.29, 1.82) is 0 Å². The Hall–Kier alpha value is -0.870. The minimum Gasteiger partial charge on any atom is -0.481 e. The minimum atomic E-state index is -0.833. The van der Waals surface area contributed by atoms with Crippen LogP contribution in [0.25, 0.3) is 0 Å². The molecule has 0 bridgehead atoms. The highest BCUT2D eigenvalue weighted by Crippen LogP contribution is 2.10. The zero-order valence-corrected chi connectivity index (χ0v) is 18.8. The van der Waals surface area contributed by atoms with E-state index >= 15 is 0 Å². The van der Waals surface area contributed by atoms with Crippen molar-refractivity contribution in [3.63, 3.8) is 0 Å². The van der Waals surface area contributed by atoms with Gasteiger partial charge in [0.15, 0.2) is 0 Å². The summed E-state index contributed by atoms with van der Waals surface area (Å²) in [4.78, 5) is 11.6. The van der Waals surface area contributed by atoms with Gasteiger partial charge >= 0.3 is 0 Å². The molecule has 1 saturated heterocycles. The third kappa shape index (κ3) is 23.2. The summed E-state index contributed by atoms with van der Waals surface area (Å²) in [6, 6.07) is 0. The van der Waals surface area contributed by atoms with Crippen LogP contribution in [-0.4, -0.2) is 48.8 Å². The van der Waals surface area contributed by atoms with E-state index in [1.807, 2.05) is 0 Å². The van der Waals surface area contributed by atoms with Gasteiger partial charge < -0.3 is 9.84 Å². The second kappa shape index (κ2) is 22.4. The summed E-state index contributed by atoms with van der Waals surface area (Å²) in [7, 11) is 0. The Morgan fingerprint density at radius 3 is 1.75 bits per heavy atom. The Balaban J connectivity index is 0.00000165. The maximum Gasteiger partial charge on any atom is 0.300 e. The lowest BCUT2D eigenvalue weighted by Crippen LogP contribution is -2.36. The maximum absolute atomic E-state index is 9.00. The van der Waals surface area contributed by atoms with Crippen molar-refractivity contribution >= 4 is 5.97 Å². The Morgan fingerprint density at radius 1 is 0.821 bits per heavy atom. The summed E-state index contributed by atoms with van der Waals surface area (Å²) in [5.74, 6) is -0.833. The lowest BCUT2D eigenvalue weighted by atomic mass is 10.1. The zero-order chi connectivity index (χ0) is 20.7. The number of aliphatic carboxylic acids is 1. The van der Waals surface area contributed by atoms with Crippen molar-refractivity contribution in [3.05, 3.63) is 12.2 Å². The fourth-order valence-electron chi connectivity index (χ4n) is 3.41. The quantitative estimate of drug-likeness (QED) is 0.240. The number of nitrogens with zero attached hydrogens (tertiary/aromatic N) is 1. The van der Waals surface area contributed by atoms with Gasteiger partial charge in [-0.25, -0.2) is 0 Å². The predicted octanol–water partition coefficient (Wildman–Crippen LogP) is 6.45. The highest BCUT2D eigenvalue weighted by molar-refractivity contribution is 5.62. The molecule has 0 aliphatic carbocycles. The fourth-order valence-corrected chi connectivity index (χ4v) is 3.41. The molecule has 0 aromatic carbocycles. The van der Waals surface area contributed by atoms with Crippen molar-refractivity contribution in [2.75, 3.05) is 32.8 Å². The van der Waals surface area contributed by atoms with E-state index in [2.05, 4.69) is 24.0 Å². The molecule has 0 aromatic rings. The average molecular weight is 398 g/mol. The molecule has 4 heteroatoms. The van der Waals surface area contributed by atoms with Gasteiger partial charge in [-0.3, -0.25) is 9.69 Å². The summed E-state index contributed by atoms with van der Waals surface area (Å²) in [5, 5.41) is 7.42. The topological polar surface area (TPSA) is 49.8 Å². The highest BCUT2D eigenvalue weighted by atomic mass is 16.5. The van der Waals surface area contributed by atoms with E-state index in [0.717, 1.165) is 33.2 Å². The van der Waals surface area contributed by atoms with Crippen LogP contribution in [0.3, 0.4) is 0 Å². The van der Waals surface area contributed by atoms with E-state index in [-0.39, 0.29) is 0 Å². The number of morpholine rings is 1. The van der Waals surface area contributed by atoms with Gasteiger partial charge in [-0.2, -0.15) is 0 Å². The first-order valence-electron chi connectivity index (χ1n) is 11.8. The van der Waals surface area contributed by atoms with Crippen LogP contribution in [0.4, 0.5) is 0 Å². The van der Waals surface area contributed by atoms with Crippen molar-refractivity contribution < 1.29 is 14.6 Å². The van der Waals surface area contributed by atoms with Gasteiger partial charge in [0.2, 0.25) is 0 Å². The number of carboxylic acid groups (broad SMARTS) is 1. The van der Waals surface area contributed by atoms with Crippen LogP contribution >= 0.6 is 0 Å². The Labute approximate surface area is 174 Å². The maximum atomic E-state index is 9.00. The SMILES string of the molecule is CC(=O)O.CCCCCCCC/C=C\CCCCCCCCN1CCOCC1. The molecule has 0 spiro atoms. The molecule has 1 heterocycles. The van der Waals surface area contributed by atoms with Crippen molar-refractivity contribution in [2.24, 2.45) is 0 Å². The molecule has 0 amide bonds. The standard InChI is InChI=1S/C22H43NO.C2H4O2/c1-2-3-4-5-6-7-8-9-10-11-12-13-14-15-16-17-18-23-19-21-24-22-20-23;1-2(3)4/h9-10H,2-8,11-22H2,1H3;1H3,(H,3,4)/b10-9-;. The average Bonchev–Trinajstić information content (AvgIpc) is 2.68. The van der Waals surface area contributed by atoms with Crippen LogP contribution in [0.2, 0.25) is 0 Å². The van der Waals surface area contributed by atoms with E-state index < -0.39 is 5.97 Å². The molecule has 1 fully saturated rings. The molecular formula is C24H47NO3. The molecule has 4 nitrogen and oxygen atoms in total. The second-order valence-electron chi connectivity index (χ2n) is 7.91. The van der Waals surface area contributed by atoms with Crippen LogP contribution in [0.15, 0.2) is 12.2 Å². The minimum absolute atomic E-state index is 0.833. The lowest BCUT2D eigenvalue weighted by Gasteiger charge is -2.26. The molecule has 0 radical (unpaired) electrons. The van der Waals surface area contributed by atoms with Crippen LogP contribution in [-0.2, 0) is 9.53 Å². The number of carboxylic acids is 1. The summed E-state index contributed by atoms with van der Waals surface area (Å²) >= 11 is 0. The predicted molar refractivity (Wildman–Crippen MR) is 120 cm³/mol. The number of ether oxygens (including phenoxy) is 1. The Morgan fingerprint density at radius 2 is 1.25 bits per heavy atom. The first-order valence-corrected chi connectivity index (χ1v) is 11.8. The Bertz CT molecular complexity index is 348. The van der Waals surface area contributed by atoms with E-state index in [1.165, 1.54) is 96.4 Å². The molecule has 1 aliphatic heterocycles. The van der Waals surface area contributed by atoms with Gasteiger partial charge in [0.1, 0.15) is 0 Å². The largest absolute Gasteiger partial charge is 0.481 e. The monoisotopic (exact) mass is 397 g/mol. The van der Waals surface area contributed by atoms with E-state index in [9.17, 15) is 0 Å². The molecule has 1 N–H and O–H groups in total.